The zero-order chi connectivity index (χ0) is 9.42. The SMILES string of the molecule is CC(=O)c1cc2nc(Cl)ncc2[nH]1. The minimum Gasteiger partial charge on any atom is -0.350 e. The van der Waals surface area contributed by atoms with Gasteiger partial charge in [-0.15, -0.1) is 0 Å². The molecule has 1 N–H and O–H groups in total. The van der Waals surface area contributed by atoms with Crippen LogP contribution >= 0.6 is 11.6 Å². The van der Waals surface area contributed by atoms with Crippen molar-refractivity contribution < 1.29 is 4.79 Å². The molecule has 0 saturated heterocycles. The highest BCUT2D eigenvalue weighted by molar-refractivity contribution is 6.28. The smallest absolute Gasteiger partial charge is 0.223 e. The molecule has 4 nitrogen and oxygen atoms in total. The molecule has 5 heteroatoms. The largest absolute Gasteiger partial charge is 0.350 e. The molecule has 0 unspecified atom stereocenters. The lowest BCUT2D eigenvalue weighted by Gasteiger charge is -1.87. The molecular weight excluding hydrogens is 190 g/mol. The third-order valence-electron chi connectivity index (χ3n) is 1.72. The molecule has 0 radical (unpaired) electrons. The molecule has 0 amide bonds. The maximum Gasteiger partial charge on any atom is 0.223 e. The normalized spacial score (nSPS) is 10.6. The number of carbonyl (C=O) groups excluding carboxylic acids is 1. The molecule has 0 atom stereocenters. The van der Waals surface area contributed by atoms with E-state index in [1.54, 1.807) is 12.3 Å². The van der Waals surface area contributed by atoms with Gasteiger partial charge in [0.2, 0.25) is 5.28 Å². The Labute approximate surface area is 79.0 Å². The third-order valence-corrected chi connectivity index (χ3v) is 1.90. The van der Waals surface area contributed by atoms with Crippen LogP contribution in [-0.4, -0.2) is 20.7 Å². The van der Waals surface area contributed by atoms with Gasteiger partial charge >= 0.3 is 0 Å². The van der Waals surface area contributed by atoms with E-state index in [-0.39, 0.29) is 11.1 Å². The van der Waals surface area contributed by atoms with Crippen molar-refractivity contribution in [2.75, 3.05) is 0 Å². The summed E-state index contributed by atoms with van der Waals surface area (Å²) in [4.78, 5) is 21.6. The fourth-order valence-corrected chi connectivity index (χ4v) is 1.23. The number of nitrogens with zero attached hydrogens (tertiary/aromatic N) is 2. The van der Waals surface area contributed by atoms with Gasteiger partial charge < -0.3 is 4.98 Å². The van der Waals surface area contributed by atoms with Crippen molar-refractivity contribution in [1.82, 2.24) is 15.0 Å². The number of hydrogen-bond donors (Lipinski definition) is 1. The third kappa shape index (κ3) is 1.40. The molecule has 0 fully saturated rings. The number of carbonyl (C=O) groups is 1. The van der Waals surface area contributed by atoms with E-state index in [1.807, 2.05) is 0 Å². The number of aromatic amines is 1. The monoisotopic (exact) mass is 195 g/mol. The number of aromatic nitrogens is 3. The van der Waals surface area contributed by atoms with Gasteiger partial charge in [-0.2, -0.15) is 0 Å². The first-order valence-corrected chi connectivity index (χ1v) is 4.07. The molecule has 0 bridgehead atoms. The van der Waals surface area contributed by atoms with E-state index in [0.717, 1.165) is 5.52 Å². The van der Waals surface area contributed by atoms with Gasteiger partial charge in [-0.05, 0) is 17.7 Å². The number of Topliss-reactive ketones (excluding diaryl/α,β-unsaturated/α-hetero) is 1. The topological polar surface area (TPSA) is 58.6 Å². The van der Waals surface area contributed by atoms with Crippen LogP contribution < -0.4 is 0 Å². The van der Waals surface area contributed by atoms with Crippen molar-refractivity contribution in [2.45, 2.75) is 6.92 Å². The Balaban J connectivity index is 2.68. The standard InChI is InChI=1S/C8H6ClN3O/c1-4(13)5-2-6-7(11-5)3-10-8(9)12-6/h2-3,11H,1H3. The van der Waals surface area contributed by atoms with Crippen LogP contribution in [0.2, 0.25) is 5.28 Å². The zero-order valence-corrected chi connectivity index (χ0v) is 7.59. The molecule has 66 valence electrons. The predicted octanol–water partition coefficient (Wildman–Crippen LogP) is 1.81. The molecule has 0 aliphatic rings. The fourth-order valence-electron chi connectivity index (χ4n) is 1.09. The Kier molecular flexibility index (Phi) is 1.77. The molecule has 13 heavy (non-hydrogen) atoms. The zero-order valence-electron chi connectivity index (χ0n) is 6.84. The van der Waals surface area contributed by atoms with Crippen LogP contribution in [0, 0.1) is 0 Å². The van der Waals surface area contributed by atoms with Gasteiger partial charge in [-0.3, -0.25) is 4.79 Å². The number of halogens is 1. The lowest BCUT2D eigenvalue weighted by atomic mass is 10.3. The van der Waals surface area contributed by atoms with Crippen LogP contribution in [0.1, 0.15) is 17.4 Å². The summed E-state index contributed by atoms with van der Waals surface area (Å²) in [6.45, 7) is 1.49. The minimum atomic E-state index is -0.0332. The summed E-state index contributed by atoms with van der Waals surface area (Å²) in [5, 5.41) is 0.182. The molecule has 2 aromatic heterocycles. The summed E-state index contributed by atoms with van der Waals surface area (Å²) in [6, 6.07) is 1.66. The Bertz CT molecular complexity index is 477. The van der Waals surface area contributed by atoms with Crippen molar-refractivity contribution >= 4 is 28.4 Å². The van der Waals surface area contributed by atoms with Crippen LogP contribution in [0.15, 0.2) is 12.3 Å². The van der Waals surface area contributed by atoms with Gasteiger partial charge in [0, 0.05) is 6.92 Å². The highest BCUT2D eigenvalue weighted by Crippen LogP contribution is 2.13. The summed E-state index contributed by atoms with van der Waals surface area (Å²) in [7, 11) is 0. The number of H-pyrrole nitrogens is 1. The Morgan fingerprint density at radius 3 is 3.08 bits per heavy atom. The van der Waals surface area contributed by atoms with Crippen LogP contribution in [0.25, 0.3) is 11.0 Å². The number of fused-ring (bicyclic) bond motifs is 1. The number of ketones is 1. The summed E-state index contributed by atoms with van der Waals surface area (Å²) >= 11 is 5.59. The van der Waals surface area contributed by atoms with Crippen molar-refractivity contribution in [3.63, 3.8) is 0 Å². The number of rotatable bonds is 1. The predicted molar refractivity (Wildman–Crippen MR) is 48.9 cm³/mol. The summed E-state index contributed by atoms with van der Waals surface area (Å²) in [5.74, 6) is -0.0332. The van der Waals surface area contributed by atoms with Gasteiger partial charge in [0.15, 0.2) is 5.78 Å². The first kappa shape index (κ1) is 8.19. The van der Waals surface area contributed by atoms with E-state index in [1.165, 1.54) is 6.92 Å². The minimum absolute atomic E-state index is 0.0332. The van der Waals surface area contributed by atoms with E-state index in [2.05, 4.69) is 15.0 Å². The van der Waals surface area contributed by atoms with Gasteiger partial charge in [0.25, 0.3) is 0 Å². The lowest BCUT2D eigenvalue weighted by Crippen LogP contribution is -1.89. The molecule has 0 saturated carbocycles. The Hall–Kier alpha value is -1.42. The van der Waals surface area contributed by atoms with E-state index < -0.39 is 0 Å². The molecule has 2 rings (SSSR count). The van der Waals surface area contributed by atoms with E-state index in [0.29, 0.717) is 11.2 Å². The molecule has 0 spiro atoms. The molecule has 2 aromatic rings. The second kappa shape index (κ2) is 2.81. The van der Waals surface area contributed by atoms with Crippen LogP contribution in [0.4, 0.5) is 0 Å². The first-order chi connectivity index (χ1) is 6.16. The van der Waals surface area contributed by atoms with E-state index in [4.69, 9.17) is 11.6 Å². The van der Waals surface area contributed by atoms with Gasteiger partial charge in [-0.25, -0.2) is 9.97 Å². The van der Waals surface area contributed by atoms with Crippen LogP contribution in [0.5, 0.6) is 0 Å². The van der Waals surface area contributed by atoms with E-state index >= 15 is 0 Å². The average Bonchev–Trinajstić information content (AvgIpc) is 2.46. The second-order valence-corrected chi connectivity index (χ2v) is 3.02. The van der Waals surface area contributed by atoms with Crippen molar-refractivity contribution in [1.29, 1.82) is 0 Å². The highest BCUT2D eigenvalue weighted by Gasteiger charge is 2.05. The second-order valence-electron chi connectivity index (χ2n) is 2.68. The molecule has 2 heterocycles. The van der Waals surface area contributed by atoms with Crippen molar-refractivity contribution in [3.8, 4) is 0 Å². The van der Waals surface area contributed by atoms with Gasteiger partial charge in [-0.1, -0.05) is 0 Å². The molecule has 0 aromatic carbocycles. The van der Waals surface area contributed by atoms with Crippen LogP contribution in [-0.2, 0) is 0 Å². The summed E-state index contributed by atoms with van der Waals surface area (Å²) in [6.07, 6.45) is 1.55. The lowest BCUT2D eigenvalue weighted by molar-refractivity contribution is 0.101. The summed E-state index contributed by atoms with van der Waals surface area (Å²) < 4.78 is 0. The fraction of sp³-hybridized carbons (Fsp3) is 0.125. The van der Waals surface area contributed by atoms with Gasteiger partial charge in [0.1, 0.15) is 0 Å². The van der Waals surface area contributed by atoms with Crippen LogP contribution in [0.3, 0.4) is 0 Å². The van der Waals surface area contributed by atoms with E-state index in [9.17, 15) is 4.79 Å². The number of nitrogens with one attached hydrogen (secondary N) is 1. The quantitative estimate of drug-likeness (QED) is 0.558. The molecule has 0 aliphatic carbocycles. The maximum atomic E-state index is 11.0. The van der Waals surface area contributed by atoms with Crippen molar-refractivity contribution in [2.24, 2.45) is 0 Å². The van der Waals surface area contributed by atoms with Gasteiger partial charge in [0.05, 0.1) is 22.9 Å². The molecular formula is C8H6ClN3O. The number of hydrogen-bond acceptors (Lipinski definition) is 3. The maximum absolute atomic E-state index is 11.0. The Morgan fingerprint density at radius 2 is 2.38 bits per heavy atom. The molecule has 0 aliphatic heterocycles. The highest BCUT2D eigenvalue weighted by atomic mass is 35.5. The van der Waals surface area contributed by atoms with Crippen molar-refractivity contribution in [3.05, 3.63) is 23.2 Å². The average molecular weight is 196 g/mol. The summed E-state index contributed by atoms with van der Waals surface area (Å²) in [5.41, 5.74) is 1.89. The first-order valence-electron chi connectivity index (χ1n) is 3.69. The Morgan fingerprint density at radius 1 is 1.62 bits per heavy atom.